The zero-order valence-electron chi connectivity index (χ0n) is 14.8. The highest BCUT2D eigenvalue weighted by molar-refractivity contribution is 5.53. The summed E-state index contributed by atoms with van der Waals surface area (Å²) in [6, 6.07) is 2.80. The van der Waals surface area contributed by atoms with Gasteiger partial charge in [-0.3, -0.25) is 0 Å². The molecule has 0 aromatic carbocycles. The van der Waals surface area contributed by atoms with E-state index in [1.807, 2.05) is 0 Å². The fraction of sp³-hybridized carbons (Fsp3) is 0.278. The van der Waals surface area contributed by atoms with Gasteiger partial charge in [0.1, 0.15) is 17.6 Å². The van der Waals surface area contributed by atoms with Crippen LogP contribution in [0.1, 0.15) is 16.8 Å². The number of pyridine rings is 1. The van der Waals surface area contributed by atoms with Gasteiger partial charge in [-0.15, -0.1) is 0 Å². The van der Waals surface area contributed by atoms with E-state index in [-0.39, 0.29) is 0 Å². The third kappa shape index (κ3) is 3.45. The molecule has 4 rings (SSSR count). The van der Waals surface area contributed by atoms with Gasteiger partial charge in [-0.1, -0.05) is 0 Å². The Morgan fingerprint density at radius 3 is 2.75 bits per heavy atom. The number of halogens is 3. The fourth-order valence-corrected chi connectivity index (χ4v) is 3.09. The van der Waals surface area contributed by atoms with Gasteiger partial charge in [-0.25, -0.2) is 15.0 Å². The van der Waals surface area contributed by atoms with E-state index in [4.69, 9.17) is 9.47 Å². The molecule has 3 aromatic heterocycles. The average Bonchev–Trinajstić information content (AvgIpc) is 3.20. The number of nitrogens with one attached hydrogen (secondary N) is 1. The van der Waals surface area contributed by atoms with Crippen LogP contribution in [0.5, 0.6) is 17.5 Å². The number of alkyl halides is 3. The third-order valence-corrected chi connectivity index (χ3v) is 4.45. The molecule has 0 atom stereocenters. The quantitative estimate of drug-likeness (QED) is 0.733. The van der Waals surface area contributed by atoms with E-state index < -0.39 is 17.6 Å². The summed E-state index contributed by atoms with van der Waals surface area (Å²) in [5.41, 5.74) is 0.982. The maximum absolute atomic E-state index is 13.3. The maximum atomic E-state index is 13.3. The Balaban J connectivity index is 1.65. The van der Waals surface area contributed by atoms with Gasteiger partial charge < -0.3 is 19.4 Å². The van der Waals surface area contributed by atoms with Gasteiger partial charge in [0.2, 0.25) is 11.8 Å². The fourth-order valence-electron chi connectivity index (χ4n) is 3.09. The van der Waals surface area contributed by atoms with Gasteiger partial charge in [0.05, 0.1) is 36.8 Å². The summed E-state index contributed by atoms with van der Waals surface area (Å²) < 4.78 is 50.5. The monoisotopic (exact) mass is 391 g/mol. The number of hydrogen-bond acceptors (Lipinski definition) is 6. The van der Waals surface area contributed by atoms with E-state index in [2.05, 4.69) is 19.9 Å². The van der Waals surface area contributed by atoms with Crippen LogP contribution in [-0.2, 0) is 19.1 Å². The lowest BCUT2D eigenvalue weighted by Crippen LogP contribution is -2.32. The number of aromatic nitrogens is 4. The summed E-state index contributed by atoms with van der Waals surface area (Å²) in [6.07, 6.45) is 2.18. The Hall–Kier alpha value is -3.30. The molecule has 0 bridgehead atoms. The highest BCUT2D eigenvalue weighted by Crippen LogP contribution is 2.38. The van der Waals surface area contributed by atoms with Crippen molar-refractivity contribution < 1.29 is 22.6 Å². The van der Waals surface area contributed by atoms with Crippen LogP contribution in [-0.4, -0.2) is 33.6 Å². The number of H-pyrrole nitrogens is 1. The molecule has 4 heterocycles. The van der Waals surface area contributed by atoms with E-state index >= 15 is 0 Å². The molecular weight excluding hydrogens is 375 g/mol. The number of ether oxygens (including phenoxy) is 2. The minimum atomic E-state index is -4.56. The Morgan fingerprint density at radius 2 is 2.04 bits per heavy atom. The second-order valence-corrected chi connectivity index (χ2v) is 6.17. The molecule has 0 amide bonds. The number of rotatable bonds is 4. The SMILES string of the molecule is COc1ncc(N2CCc3ncnc(Oc4cc[nH]c4)c3C2)cc1C(F)(F)F. The number of methoxy groups -OCH3 is 1. The Morgan fingerprint density at radius 1 is 1.18 bits per heavy atom. The summed E-state index contributed by atoms with van der Waals surface area (Å²) in [5.74, 6) is 0.517. The molecule has 1 aliphatic rings. The van der Waals surface area contributed by atoms with Crippen molar-refractivity contribution in [1.29, 1.82) is 0 Å². The van der Waals surface area contributed by atoms with Crippen molar-refractivity contribution in [2.75, 3.05) is 18.6 Å². The van der Waals surface area contributed by atoms with Crippen LogP contribution in [0, 0.1) is 0 Å². The molecule has 0 aliphatic carbocycles. The predicted octanol–water partition coefficient (Wildman–Crippen LogP) is 3.58. The Labute approximate surface area is 158 Å². The molecule has 146 valence electrons. The van der Waals surface area contributed by atoms with Gasteiger partial charge >= 0.3 is 6.18 Å². The Bertz CT molecular complexity index is 976. The van der Waals surface area contributed by atoms with Crippen LogP contribution >= 0.6 is 0 Å². The standard InChI is InChI=1S/C18H16F3N5O2/c1-27-17-14(18(19,20)21)6-11(7-23-17)26-5-3-15-13(9-26)16(25-10-24-15)28-12-2-4-22-8-12/h2,4,6-8,10,22H,3,5,9H2,1H3. The van der Waals surface area contributed by atoms with Gasteiger partial charge in [-0.2, -0.15) is 13.2 Å². The van der Waals surface area contributed by atoms with Gasteiger partial charge in [0, 0.05) is 25.4 Å². The normalized spacial score (nSPS) is 13.9. The lowest BCUT2D eigenvalue weighted by Gasteiger charge is -2.30. The zero-order valence-corrected chi connectivity index (χ0v) is 14.8. The first-order valence-corrected chi connectivity index (χ1v) is 8.45. The van der Waals surface area contributed by atoms with Crippen LogP contribution in [0.25, 0.3) is 0 Å². The molecule has 28 heavy (non-hydrogen) atoms. The number of fused-ring (bicyclic) bond motifs is 1. The number of hydrogen-bond donors (Lipinski definition) is 1. The summed E-state index contributed by atoms with van der Waals surface area (Å²) >= 11 is 0. The molecule has 1 aliphatic heterocycles. The van der Waals surface area contributed by atoms with Gasteiger partial charge in [0.15, 0.2) is 0 Å². The molecule has 0 saturated heterocycles. The first-order chi connectivity index (χ1) is 13.5. The van der Waals surface area contributed by atoms with Crippen molar-refractivity contribution in [3.8, 4) is 17.5 Å². The second-order valence-electron chi connectivity index (χ2n) is 6.17. The van der Waals surface area contributed by atoms with Gasteiger partial charge in [0.25, 0.3) is 0 Å². The van der Waals surface area contributed by atoms with Crippen LogP contribution in [0.4, 0.5) is 18.9 Å². The largest absolute Gasteiger partial charge is 0.481 e. The Kier molecular flexibility index (Phi) is 4.54. The molecule has 3 aromatic rings. The highest BCUT2D eigenvalue weighted by atomic mass is 19.4. The van der Waals surface area contributed by atoms with Crippen LogP contribution in [0.2, 0.25) is 0 Å². The smallest absolute Gasteiger partial charge is 0.421 e. The van der Waals surface area contributed by atoms with E-state index in [1.165, 1.54) is 12.5 Å². The molecule has 0 saturated carbocycles. The van der Waals surface area contributed by atoms with Crippen molar-refractivity contribution in [3.05, 3.63) is 53.9 Å². The second kappa shape index (κ2) is 7.02. The topological polar surface area (TPSA) is 76.2 Å². The van der Waals surface area contributed by atoms with Crippen LogP contribution in [0.3, 0.4) is 0 Å². The molecule has 10 heteroatoms. The minimum absolute atomic E-state index is 0.307. The van der Waals surface area contributed by atoms with Gasteiger partial charge in [-0.05, 0) is 12.1 Å². The number of anilines is 1. The first kappa shape index (κ1) is 18.1. The first-order valence-electron chi connectivity index (χ1n) is 8.45. The van der Waals surface area contributed by atoms with Crippen LogP contribution < -0.4 is 14.4 Å². The van der Waals surface area contributed by atoms with E-state index in [0.29, 0.717) is 36.8 Å². The summed E-state index contributed by atoms with van der Waals surface area (Å²) in [4.78, 5) is 17.0. The molecule has 1 N–H and O–H groups in total. The van der Waals surface area contributed by atoms with Crippen molar-refractivity contribution in [3.63, 3.8) is 0 Å². The maximum Gasteiger partial charge on any atom is 0.421 e. The van der Waals surface area contributed by atoms with Crippen LogP contribution in [0.15, 0.2) is 37.1 Å². The predicted molar refractivity (Wildman–Crippen MR) is 93.4 cm³/mol. The van der Waals surface area contributed by atoms with Crippen molar-refractivity contribution in [2.24, 2.45) is 0 Å². The summed E-state index contributed by atoms with van der Waals surface area (Å²) in [5, 5.41) is 0. The highest BCUT2D eigenvalue weighted by Gasteiger charge is 2.36. The molecular formula is C18H16F3N5O2. The molecule has 0 fully saturated rings. The van der Waals surface area contributed by atoms with Crippen molar-refractivity contribution >= 4 is 5.69 Å². The molecule has 7 nitrogen and oxygen atoms in total. The summed E-state index contributed by atoms with van der Waals surface area (Å²) in [6.45, 7) is 0.806. The summed E-state index contributed by atoms with van der Waals surface area (Å²) in [7, 11) is 1.16. The molecule has 0 spiro atoms. The minimum Gasteiger partial charge on any atom is -0.481 e. The lowest BCUT2D eigenvalue weighted by molar-refractivity contribution is -0.139. The molecule has 0 unspecified atom stereocenters. The van der Waals surface area contributed by atoms with Crippen molar-refractivity contribution in [2.45, 2.75) is 19.1 Å². The lowest BCUT2D eigenvalue weighted by atomic mass is 10.1. The third-order valence-electron chi connectivity index (χ3n) is 4.45. The molecule has 0 radical (unpaired) electrons. The number of nitrogens with zero attached hydrogens (tertiary/aromatic N) is 4. The van der Waals surface area contributed by atoms with E-state index in [1.54, 1.807) is 23.4 Å². The van der Waals surface area contributed by atoms with Crippen molar-refractivity contribution in [1.82, 2.24) is 19.9 Å². The number of aromatic amines is 1. The zero-order chi connectivity index (χ0) is 19.7. The van der Waals surface area contributed by atoms with E-state index in [0.717, 1.165) is 24.4 Å². The van der Waals surface area contributed by atoms with E-state index in [9.17, 15) is 13.2 Å². The average molecular weight is 391 g/mol.